The number of carbonyl (C=O) groups excluding carboxylic acids is 1. The van der Waals surface area contributed by atoms with Gasteiger partial charge in [0.25, 0.3) is 5.91 Å². The van der Waals surface area contributed by atoms with Crippen LogP contribution >= 0.6 is 24.0 Å². The van der Waals surface area contributed by atoms with Gasteiger partial charge in [-0.05, 0) is 36.8 Å². The van der Waals surface area contributed by atoms with Crippen molar-refractivity contribution in [2.75, 3.05) is 12.4 Å². The third-order valence-electron chi connectivity index (χ3n) is 2.24. The van der Waals surface area contributed by atoms with Gasteiger partial charge in [0.15, 0.2) is 4.32 Å². The Morgan fingerprint density at radius 1 is 1.50 bits per heavy atom. The van der Waals surface area contributed by atoms with Crippen molar-refractivity contribution in [2.45, 2.75) is 6.92 Å². The van der Waals surface area contributed by atoms with Crippen LogP contribution in [0.4, 0.5) is 0 Å². The number of hydrogen-bond acceptors (Lipinski definition) is 5. The van der Waals surface area contributed by atoms with Gasteiger partial charge in [0.1, 0.15) is 5.75 Å². The van der Waals surface area contributed by atoms with Crippen molar-refractivity contribution >= 4 is 40.4 Å². The molecule has 1 amide bonds. The van der Waals surface area contributed by atoms with Gasteiger partial charge in [-0.3, -0.25) is 4.79 Å². The van der Waals surface area contributed by atoms with Crippen LogP contribution in [0.5, 0.6) is 5.75 Å². The normalized spacial score (nSPS) is 15.7. The molecule has 1 aromatic rings. The van der Waals surface area contributed by atoms with E-state index in [4.69, 9.17) is 17.0 Å². The number of hydrazone groups is 1. The third kappa shape index (κ3) is 3.08. The van der Waals surface area contributed by atoms with Gasteiger partial charge in [0.05, 0.1) is 18.6 Å². The summed E-state index contributed by atoms with van der Waals surface area (Å²) in [6, 6.07) is 7.49. The molecule has 0 aromatic heterocycles. The summed E-state index contributed by atoms with van der Waals surface area (Å²) < 4.78 is 5.84. The van der Waals surface area contributed by atoms with E-state index in [2.05, 4.69) is 5.10 Å². The van der Waals surface area contributed by atoms with Gasteiger partial charge in [-0.1, -0.05) is 24.0 Å². The highest BCUT2D eigenvalue weighted by atomic mass is 32.2. The van der Waals surface area contributed by atoms with E-state index in [-0.39, 0.29) is 5.91 Å². The lowest BCUT2D eigenvalue weighted by Crippen LogP contribution is -2.22. The molecule has 0 atom stereocenters. The molecule has 0 bridgehead atoms. The zero-order valence-electron chi connectivity index (χ0n) is 9.83. The van der Waals surface area contributed by atoms with Gasteiger partial charge in [0.2, 0.25) is 0 Å². The van der Waals surface area contributed by atoms with E-state index in [1.807, 2.05) is 31.2 Å². The van der Waals surface area contributed by atoms with Crippen LogP contribution in [0.25, 0.3) is 0 Å². The summed E-state index contributed by atoms with van der Waals surface area (Å²) in [7, 11) is 0. The lowest BCUT2D eigenvalue weighted by molar-refractivity contribution is -0.123. The second-order valence-electron chi connectivity index (χ2n) is 3.51. The lowest BCUT2D eigenvalue weighted by Gasteiger charge is -2.06. The zero-order chi connectivity index (χ0) is 13.0. The van der Waals surface area contributed by atoms with Crippen LogP contribution in [0, 0.1) is 0 Å². The van der Waals surface area contributed by atoms with Crippen molar-refractivity contribution in [2.24, 2.45) is 5.10 Å². The summed E-state index contributed by atoms with van der Waals surface area (Å²) in [4.78, 5) is 11.4. The molecule has 1 aliphatic heterocycles. The zero-order valence-corrected chi connectivity index (χ0v) is 11.5. The molecule has 0 saturated carbocycles. The molecule has 0 N–H and O–H groups in total. The molecule has 94 valence electrons. The molecule has 0 unspecified atom stereocenters. The summed E-state index contributed by atoms with van der Waals surface area (Å²) in [5, 5.41) is 5.35. The number of thiocarbonyl (C=S) groups is 1. The summed E-state index contributed by atoms with van der Waals surface area (Å²) in [6.45, 7) is 2.58. The Hall–Kier alpha value is -1.40. The first kappa shape index (κ1) is 13.0. The average molecular weight is 280 g/mol. The number of hydrogen-bond donors (Lipinski definition) is 0. The Bertz CT molecular complexity index is 469. The SMILES string of the molecule is CCOc1ccc(/C=N/N2C(=O)CSC2=S)cc1. The van der Waals surface area contributed by atoms with Crippen molar-refractivity contribution in [1.29, 1.82) is 0 Å². The maximum absolute atomic E-state index is 11.4. The van der Waals surface area contributed by atoms with Gasteiger partial charge >= 0.3 is 0 Å². The molecule has 1 aromatic carbocycles. The van der Waals surface area contributed by atoms with Gasteiger partial charge < -0.3 is 4.74 Å². The molecule has 4 nitrogen and oxygen atoms in total. The van der Waals surface area contributed by atoms with Crippen molar-refractivity contribution in [3.05, 3.63) is 29.8 Å². The molecule has 0 aliphatic carbocycles. The fourth-order valence-corrected chi connectivity index (χ4v) is 2.37. The Labute approximate surface area is 115 Å². The van der Waals surface area contributed by atoms with Crippen LogP contribution in [0.1, 0.15) is 12.5 Å². The van der Waals surface area contributed by atoms with Crippen LogP contribution in [-0.4, -0.2) is 33.8 Å². The second-order valence-corrected chi connectivity index (χ2v) is 5.12. The molecule has 2 rings (SSSR count). The maximum Gasteiger partial charge on any atom is 0.259 e. The van der Waals surface area contributed by atoms with Crippen molar-refractivity contribution in [3.8, 4) is 5.75 Å². The van der Waals surface area contributed by atoms with E-state index in [9.17, 15) is 4.79 Å². The molecule has 1 aliphatic rings. The first-order valence-corrected chi connectivity index (χ1v) is 6.86. The largest absolute Gasteiger partial charge is 0.494 e. The highest BCUT2D eigenvalue weighted by Gasteiger charge is 2.25. The molecule has 6 heteroatoms. The number of thioether (sulfide) groups is 1. The smallest absolute Gasteiger partial charge is 0.259 e. The Morgan fingerprint density at radius 2 is 2.22 bits per heavy atom. The molecular formula is C12H12N2O2S2. The van der Waals surface area contributed by atoms with Crippen LogP contribution in [0.2, 0.25) is 0 Å². The van der Waals surface area contributed by atoms with Crippen LogP contribution in [0.3, 0.4) is 0 Å². The minimum atomic E-state index is -0.0767. The quantitative estimate of drug-likeness (QED) is 0.627. The standard InChI is InChI=1S/C12H12N2O2S2/c1-2-16-10-5-3-9(4-6-10)7-13-14-11(15)8-18-12(14)17/h3-7H,2,8H2,1H3/b13-7+. The lowest BCUT2D eigenvalue weighted by atomic mass is 10.2. The summed E-state index contributed by atoms with van der Waals surface area (Å²) in [6.07, 6.45) is 1.62. The minimum absolute atomic E-state index is 0.0767. The minimum Gasteiger partial charge on any atom is -0.494 e. The fourth-order valence-electron chi connectivity index (χ4n) is 1.40. The van der Waals surface area contributed by atoms with Crippen LogP contribution in [-0.2, 0) is 4.79 Å². The fraction of sp³-hybridized carbons (Fsp3) is 0.250. The van der Waals surface area contributed by atoms with E-state index in [0.717, 1.165) is 11.3 Å². The number of amides is 1. The molecule has 1 fully saturated rings. The monoisotopic (exact) mass is 280 g/mol. The molecule has 18 heavy (non-hydrogen) atoms. The molecule has 0 spiro atoms. The van der Waals surface area contributed by atoms with Gasteiger partial charge in [-0.25, -0.2) is 0 Å². The Morgan fingerprint density at radius 3 is 2.78 bits per heavy atom. The predicted octanol–water partition coefficient (Wildman–Crippen LogP) is 2.28. The number of rotatable bonds is 4. The first-order valence-electron chi connectivity index (χ1n) is 5.47. The van der Waals surface area contributed by atoms with E-state index in [1.54, 1.807) is 6.21 Å². The molecular weight excluding hydrogens is 268 g/mol. The number of benzene rings is 1. The maximum atomic E-state index is 11.4. The number of nitrogens with zero attached hydrogens (tertiary/aromatic N) is 2. The Kier molecular flexibility index (Phi) is 4.33. The van der Waals surface area contributed by atoms with Crippen molar-refractivity contribution in [3.63, 3.8) is 0 Å². The molecule has 1 saturated heterocycles. The first-order chi connectivity index (χ1) is 8.70. The highest BCUT2D eigenvalue weighted by molar-refractivity contribution is 8.23. The summed E-state index contributed by atoms with van der Waals surface area (Å²) in [5.74, 6) is 1.12. The third-order valence-corrected chi connectivity index (χ3v) is 3.58. The number of carbonyl (C=O) groups is 1. The summed E-state index contributed by atoms with van der Waals surface area (Å²) >= 11 is 6.35. The second kappa shape index (κ2) is 5.97. The van der Waals surface area contributed by atoms with Crippen molar-refractivity contribution in [1.82, 2.24) is 5.01 Å². The van der Waals surface area contributed by atoms with E-state index < -0.39 is 0 Å². The van der Waals surface area contributed by atoms with E-state index >= 15 is 0 Å². The van der Waals surface area contributed by atoms with E-state index in [1.165, 1.54) is 16.8 Å². The highest BCUT2D eigenvalue weighted by Crippen LogP contribution is 2.19. The average Bonchev–Trinajstić information content (AvgIpc) is 2.69. The summed E-state index contributed by atoms with van der Waals surface area (Å²) in [5.41, 5.74) is 0.894. The molecule has 1 heterocycles. The van der Waals surface area contributed by atoms with Gasteiger partial charge in [0, 0.05) is 0 Å². The van der Waals surface area contributed by atoms with Gasteiger partial charge in [-0.2, -0.15) is 10.1 Å². The van der Waals surface area contributed by atoms with Crippen LogP contribution in [0.15, 0.2) is 29.4 Å². The topological polar surface area (TPSA) is 41.9 Å². The van der Waals surface area contributed by atoms with E-state index in [0.29, 0.717) is 16.7 Å². The van der Waals surface area contributed by atoms with Gasteiger partial charge in [-0.15, -0.1) is 0 Å². The van der Waals surface area contributed by atoms with Crippen molar-refractivity contribution < 1.29 is 9.53 Å². The Balaban J connectivity index is 2.04. The number of ether oxygens (including phenoxy) is 1. The van der Waals surface area contributed by atoms with Crippen LogP contribution < -0.4 is 4.74 Å². The molecule has 0 radical (unpaired) electrons. The predicted molar refractivity (Wildman–Crippen MR) is 77.1 cm³/mol.